The molecule has 2 fully saturated rings. The third-order valence-electron chi connectivity index (χ3n) is 3.44. The van der Waals surface area contributed by atoms with Crippen molar-refractivity contribution in [3.05, 3.63) is 0 Å². The molecule has 2 bridgehead atoms. The van der Waals surface area contributed by atoms with Crippen molar-refractivity contribution < 1.29 is 14.6 Å². The van der Waals surface area contributed by atoms with E-state index in [0.717, 1.165) is 19.4 Å². The molecule has 1 aliphatic heterocycles. The topological polar surface area (TPSA) is 49.8 Å². The second kappa shape index (κ2) is 3.36. The van der Waals surface area contributed by atoms with Crippen molar-refractivity contribution in [1.29, 1.82) is 0 Å². The van der Waals surface area contributed by atoms with Gasteiger partial charge in [0.1, 0.15) is 5.60 Å². The Bertz CT molecular complexity index is 306. The van der Waals surface area contributed by atoms with Crippen molar-refractivity contribution in [2.45, 2.75) is 57.8 Å². The average Bonchev–Trinajstić information content (AvgIpc) is 2.54. The van der Waals surface area contributed by atoms with Crippen LogP contribution < -0.4 is 0 Å². The Morgan fingerprint density at radius 2 is 2.12 bits per heavy atom. The van der Waals surface area contributed by atoms with Crippen LogP contribution in [0.5, 0.6) is 0 Å². The maximum Gasteiger partial charge on any atom is 0.410 e. The van der Waals surface area contributed by atoms with Gasteiger partial charge in [-0.3, -0.25) is 0 Å². The van der Waals surface area contributed by atoms with E-state index in [2.05, 4.69) is 0 Å². The summed E-state index contributed by atoms with van der Waals surface area (Å²) >= 11 is 0. The highest BCUT2D eigenvalue weighted by atomic mass is 16.6. The molecular formula is C12H21NO3. The quantitative estimate of drug-likeness (QED) is 0.686. The molecule has 92 valence electrons. The first-order chi connectivity index (χ1) is 7.19. The summed E-state index contributed by atoms with van der Waals surface area (Å²) < 4.78 is 5.34. The standard InChI is InChI=1S/C12H21NO3/c1-11(2,3)16-10(14)13-7-8-5-9(13)12(4,15)6-8/h8-9,15H,5-7H2,1-4H3/t8-,9+,12-/m1/s1. The number of carbonyl (C=O) groups excluding carboxylic acids is 1. The fourth-order valence-corrected chi connectivity index (χ4v) is 2.90. The number of hydrogen-bond donors (Lipinski definition) is 1. The Kier molecular flexibility index (Phi) is 2.46. The maximum absolute atomic E-state index is 11.9. The van der Waals surface area contributed by atoms with Crippen LogP contribution in [0.2, 0.25) is 0 Å². The summed E-state index contributed by atoms with van der Waals surface area (Å²) in [6, 6.07) is -0.0626. The summed E-state index contributed by atoms with van der Waals surface area (Å²) in [5.41, 5.74) is -1.20. The number of ether oxygens (including phenoxy) is 1. The lowest BCUT2D eigenvalue weighted by Gasteiger charge is -2.38. The lowest BCUT2D eigenvalue weighted by Crippen LogP contribution is -2.52. The first-order valence-electron chi connectivity index (χ1n) is 5.91. The molecule has 3 atom stereocenters. The smallest absolute Gasteiger partial charge is 0.410 e. The van der Waals surface area contributed by atoms with Crippen molar-refractivity contribution in [2.75, 3.05) is 6.54 Å². The molecule has 0 radical (unpaired) electrons. The molecule has 1 amide bonds. The van der Waals surface area contributed by atoms with Crippen LogP contribution in [0.15, 0.2) is 0 Å². The van der Waals surface area contributed by atoms with Gasteiger partial charge in [-0.05, 0) is 46.5 Å². The molecule has 0 spiro atoms. The van der Waals surface area contributed by atoms with Gasteiger partial charge in [-0.25, -0.2) is 4.79 Å². The predicted octanol–water partition coefficient (Wildman–Crippen LogP) is 1.77. The SMILES string of the molecule is CC(C)(C)OC(=O)N1C[C@@H]2C[C@H]1[C@](C)(O)C2. The number of rotatable bonds is 0. The van der Waals surface area contributed by atoms with Gasteiger partial charge >= 0.3 is 6.09 Å². The van der Waals surface area contributed by atoms with Crippen molar-refractivity contribution in [1.82, 2.24) is 4.90 Å². The van der Waals surface area contributed by atoms with Crippen molar-refractivity contribution in [3.8, 4) is 0 Å². The summed E-state index contributed by atoms with van der Waals surface area (Å²) in [6.07, 6.45) is 1.42. The van der Waals surface area contributed by atoms with Crippen LogP contribution >= 0.6 is 0 Å². The molecule has 1 N–H and O–H groups in total. The third kappa shape index (κ3) is 2.03. The second-order valence-corrected chi connectivity index (χ2v) is 6.31. The highest BCUT2D eigenvalue weighted by Crippen LogP contribution is 2.44. The van der Waals surface area contributed by atoms with Crippen LogP contribution in [-0.4, -0.2) is 39.9 Å². The molecule has 4 heteroatoms. The zero-order valence-electron chi connectivity index (χ0n) is 10.5. The summed E-state index contributed by atoms with van der Waals surface area (Å²) in [6.45, 7) is 8.12. The molecule has 1 saturated carbocycles. The Balaban J connectivity index is 2.05. The first-order valence-corrected chi connectivity index (χ1v) is 5.91. The zero-order valence-corrected chi connectivity index (χ0v) is 10.5. The van der Waals surface area contributed by atoms with Crippen LogP contribution in [0.25, 0.3) is 0 Å². The number of carbonyl (C=O) groups is 1. The first kappa shape index (κ1) is 11.7. The lowest BCUT2D eigenvalue weighted by molar-refractivity contribution is -0.0425. The van der Waals surface area contributed by atoms with Crippen LogP contribution in [0.1, 0.15) is 40.5 Å². The number of likely N-dealkylation sites (tertiary alicyclic amines) is 1. The summed E-state index contributed by atoms with van der Waals surface area (Å²) in [7, 11) is 0. The monoisotopic (exact) mass is 227 g/mol. The molecule has 2 aliphatic rings. The van der Waals surface area contributed by atoms with Crippen LogP contribution in [0, 0.1) is 5.92 Å². The maximum atomic E-state index is 11.9. The fraction of sp³-hybridized carbons (Fsp3) is 0.917. The predicted molar refractivity (Wildman–Crippen MR) is 60.1 cm³/mol. The van der Waals surface area contributed by atoms with E-state index in [0.29, 0.717) is 5.92 Å². The summed E-state index contributed by atoms with van der Waals surface area (Å²) in [4.78, 5) is 13.6. The van der Waals surface area contributed by atoms with Gasteiger partial charge in [0.25, 0.3) is 0 Å². The highest BCUT2D eigenvalue weighted by Gasteiger charge is 2.53. The number of nitrogens with zero attached hydrogens (tertiary/aromatic N) is 1. The van der Waals surface area contributed by atoms with Crippen molar-refractivity contribution >= 4 is 6.09 Å². The van der Waals surface area contributed by atoms with E-state index < -0.39 is 11.2 Å². The molecule has 16 heavy (non-hydrogen) atoms. The highest BCUT2D eigenvalue weighted by molar-refractivity contribution is 5.69. The van der Waals surface area contributed by atoms with E-state index in [-0.39, 0.29) is 12.1 Å². The molecule has 0 aromatic carbocycles. The number of fused-ring (bicyclic) bond motifs is 2. The van der Waals surface area contributed by atoms with E-state index in [1.807, 2.05) is 27.7 Å². The zero-order chi connectivity index (χ0) is 12.1. The minimum atomic E-state index is -0.736. The molecule has 2 rings (SSSR count). The van der Waals surface area contributed by atoms with E-state index in [1.54, 1.807) is 4.90 Å². The molecule has 4 nitrogen and oxygen atoms in total. The van der Waals surface area contributed by atoms with Gasteiger partial charge in [0, 0.05) is 6.54 Å². The van der Waals surface area contributed by atoms with Gasteiger partial charge in [0.05, 0.1) is 11.6 Å². The molecule has 1 aliphatic carbocycles. The molecule has 0 aromatic heterocycles. The number of hydrogen-bond acceptors (Lipinski definition) is 3. The van der Waals surface area contributed by atoms with Gasteiger partial charge in [-0.1, -0.05) is 0 Å². The van der Waals surface area contributed by atoms with Crippen molar-refractivity contribution in [2.24, 2.45) is 5.92 Å². The fourth-order valence-electron chi connectivity index (χ4n) is 2.90. The Morgan fingerprint density at radius 3 is 2.56 bits per heavy atom. The number of piperidine rings is 1. The summed E-state index contributed by atoms with van der Waals surface area (Å²) in [5, 5.41) is 10.2. The normalized spacial score (nSPS) is 37.9. The summed E-state index contributed by atoms with van der Waals surface area (Å²) in [5.74, 6) is 0.438. The van der Waals surface area contributed by atoms with E-state index in [9.17, 15) is 9.90 Å². The number of aliphatic hydroxyl groups is 1. The van der Waals surface area contributed by atoms with Crippen LogP contribution in [-0.2, 0) is 4.74 Å². The molecular weight excluding hydrogens is 206 g/mol. The van der Waals surface area contributed by atoms with E-state index in [1.165, 1.54) is 0 Å². The number of amides is 1. The van der Waals surface area contributed by atoms with Gasteiger partial charge in [0.2, 0.25) is 0 Å². The van der Waals surface area contributed by atoms with Gasteiger partial charge in [0.15, 0.2) is 0 Å². The van der Waals surface area contributed by atoms with Gasteiger partial charge < -0.3 is 14.7 Å². The third-order valence-corrected chi connectivity index (χ3v) is 3.44. The average molecular weight is 227 g/mol. The molecule has 1 saturated heterocycles. The minimum Gasteiger partial charge on any atom is -0.444 e. The Hall–Kier alpha value is -0.770. The van der Waals surface area contributed by atoms with Crippen LogP contribution in [0.4, 0.5) is 4.79 Å². The van der Waals surface area contributed by atoms with E-state index >= 15 is 0 Å². The van der Waals surface area contributed by atoms with Crippen LogP contribution in [0.3, 0.4) is 0 Å². The Labute approximate surface area is 96.6 Å². The second-order valence-electron chi connectivity index (χ2n) is 6.31. The molecule has 0 aromatic rings. The van der Waals surface area contributed by atoms with Gasteiger partial charge in [-0.15, -0.1) is 0 Å². The molecule has 0 unspecified atom stereocenters. The molecule has 1 heterocycles. The van der Waals surface area contributed by atoms with Crippen molar-refractivity contribution in [3.63, 3.8) is 0 Å². The Morgan fingerprint density at radius 1 is 1.50 bits per heavy atom. The minimum absolute atomic E-state index is 0.0626. The lowest BCUT2D eigenvalue weighted by atomic mass is 9.95. The largest absolute Gasteiger partial charge is 0.444 e. The van der Waals surface area contributed by atoms with E-state index in [4.69, 9.17) is 4.74 Å². The van der Waals surface area contributed by atoms with Gasteiger partial charge in [-0.2, -0.15) is 0 Å².